The molecule has 1 atom stereocenters. The molecule has 3 heterocycles. The highest BCUT2D eigenvalue weighted by molar-refractivity contribution is 7.17. The molecule has 1 amide bonds. The lowest BCUT2D eigenvalue weighted by atomic mass is 9.93. The highest BCUT2D eigenvalue weighted by Gasteiger charge is 2.37. The summed E-state index contributed by atoms with van der Waals surface area (Å²) in [7, 11) is 0.749. The van der Waals surface area contributed by atoms with Crippen LogP contribution < -0.4 is 10.6 Å². The number of anilines is 4. The maximum atomic E-state index is 14.1. The van der Waals surface area contributed by atoms with Crippen LogP contribution in [-0.2, 0) is 28.4 Å². The molecule has 0 bridgehead atoms. The highest BCUT2D eigenvalue weighted by atomic mass is 31.1. The Morgan fingerprint density at radius 1 is 1.07 bits per heavy atom. The fourth-order valence-corrected chi connectivity index (χ4v) is 5.95. The molecule has 1 aliphatic carbocycles. The van der Waals surface area contributed by atoms with E-state index in [9.17, 15) is 27.6 Å². The number of benzene rings is 2. The molecule has 3 N–H and O–H groups in total. The van der Waals surface area contributed by atoms with Gasteiger partial charge in [-0.15, -0.1) is 4.52 Å². The van der Waals surface area contributed by atoms with Crippen molar-refractivity contribution >= 4 is 37.7 Å². The quantitative estimate of drug-likeness (QED) is 0.179. The zero-order valence-electron chi connectivity index (χ0n) is 24.1. The third kappa shape index (κ3) is 6.53. The predicted octanol–water partition coefficient (Wildman–Crippen LogP) is 6.36. The Kier molecular flexibility index (Phi) is 8.54. The van der Waals surface area contributed by atoms with E-state index >= 15 is 0 Å². The summed E-state index contributed by atoms with van der Waals surface area (Å²) in [6, 6.07) is 10.3. The van der Waals surface area contributed by atoms with Gasteiger partial charge in [-0.1, -0.05) is 18.2 Å². The maximum absolute atomic E-state index is 14.1. The van der Waals surface area contributed by atoms with Gasteiger partial charge in [0.25, 0.3) is 5.91 Å². The van der Waals surface area contributed by atoms with Crippen LogP contribution in [0.25, 0.3) is 11.1 Å². The summed E-state index contributed by atoms with van der Waals surface area (Å²) in [5.41, 5.74) is 2.87. The zero-order chi connectivity index (χ0) is 31.7. The number of halogens is 3. The lowest BCUT2D eigenvalue weighted by Gasteiger charge is -2.25. The van der Waals surface area contributed by atoms with E-state index in [-0.39, 0.29) is 48.4 Å². The number of nitrogens with zero attached hydrogens (tertiary/aromatic N) is 5. The molecule has 2 aromatic heterocycles. The van der Waals surface area contributed by atoms with Crippen molar-refractivity contribution in [3.05, 3.63) is 77.2 Å². The summed E-state index contributed by atoms with van der Waals surface area (Å²) in [4.78, 5) is 22.8. The van der Waals surface area contributed by atoms with Crippen molar-refractivity contribution < 1.29 is 32.2 Å². The van der Waals surface area contributed by atoms with Crippen LogP contribution in [0.4, 0.5) is 36.3 Å². The first-order valence-corrected chi connectivity index (χ1v) is 15.1. The Hall–Kier alpha value is -4.39. The van der Waals surface area contributed by atoms with Crippen LogP contribution in [0.2, 0.25) is 0 Å². The molecular formula is C30H30F3N7O4P+. The highest BCUT2D eigenvalue weighted by Crippen LogP contribution is 2.41. The van der Waals surface area contributed by atoms with Gasteiger partial charge in [-0.25, -0.2) is 4.98 Å². The van der Waals surface area contributed by atoms with Gasteiger partial charge in [-0.05, 0) is 65.1 Å². The molecule has 0 spiro atoms. The van der Waals surface area contributed by atoms with Crippen LogP contribution in [0.1, 0.15) is 58.8 Å². The van der Waals surface area contributed by atoms with Gasteiger partial charge in [0.15, 0.2) is 0 Å². The summed E-state index contributed by atoms with van der Waals surface area (Å²) in [6.07, 6.45) is 2.32. The van der Waals surface area contributed by atoms with E-state index in [1.807, 2.05) is 10.9 Å². The van der Waals surface area contributed by atoms with Crippen molar-refractivity contribution in [2.75, 3.05) is 17.7 Å². The van der Waals surface area contributed by atoms with Gasteiger partial charge < -0.3 is 20.6 Å². The number of aromatic nitrogens is 4. The summed E-state index contributed by atoms with van der Waals surface area (Å²) in [5, 5.41) is 20.1. The first kappa shape index (κ1) is 30.6. The van der Waals surface area contributed by atoms with Crippen LogP contribution in [0, 0.1) is 0 Å². The van der Waals surface area contributed by atoms with Gasteiger partial charge in [0.1, 0.15) is 18.0 Å². The zero-order valence-corrected chi connectivity index (χ0v) is 25.1. The van der Waals surface area contributed by atoms with Crippen molar-refractivity contribution in [3.8, 4) is 11.1 Å². The summed E-state index contributed by atoms with van der Waals surface area (Å²) >= 11 is 0. The molecule has 45 heavy (non-hydrogen) atoms. The Bertz CT molecular complexity index is 1720. The molecular weight excluding hydrogens is 610 g/mol. The van der Waals surface area contributed by atoms with Crippen LogP contribution >= 0.6 is 8.69 Å². The standard InChI is InChI=1S/C30H29F3N7O4P/c1-39-15-23-22(18-12-35-40(14-18)20-6-8-21(41)9-7-20)10-11-25(26(23)28(39)42)37-27-24(30(31,32)33)13-34-29(38-27)36-19-4-2-17(3-5-19)16-44-45-43/h2-5,10-14,20-21,41,45H,6-9,15-16H2,1H3,(H-,34,36,37,38,42)/p+1. The van der Waals surface area contributed by atoms with E-state index in [4.69, 9.17) is 4.52 Å². The van der Waals surface area contributed by atoms with Gasteiger partial charge >= 0.3 is 14.9 Å². The monoisotopic (exact) mass is 640 g/mol. The molecule has 1 aliphatic heterocycles. The van der Waals surface area contributed by atoms with Crippen molar-refractivity contribution in [1.29, 1.82) is 0 Å². The number of nitrogens with one attached hydrogen (secondary N) is 2. The molecule has 1 saturated carbocycles. The number of aliphatic hydroxyl groups is 1. The Balaban J connectivity index is 1.31. The molecule has 1 fully saturated rings. The largest absolute Gasteiger partial charge is 0.494 e. The smallest absolute Gasteiger partial charge is 0.393 e. The molecule has 1 unspecified atom stereocenters. The number of amides is 1. The second-order valence-electron chi connectivity index (χ2n) is 11.1. The van der Waals surface area contributed by atoms with Crippen molar-refractivity contribution in [3.63, 3.8) is 0 Å². The lowest BCUT2D eigenvalue weighted by molar-refractivity contribution is -0.137. The molecule has 2 aliphatic rings. The number of fused-ring (bicyclic) bond motifs is 1. The summed E-state index contributed by atoms with van der Waals surface area (Å²) < 4.78 is 59.5. The second-order valence-corrected chi connectivity index (χ2v) is 11.6. The summed E-state index contributed by atoms with van der Waals surface area (Å²) in [5.74, 6) is -0.925. The fraction of sp³-hybridized carbons (Fsp3) is 0.333. The molecule has 6 rings (SSSR count). The molecule has 4 aromatic rings. The maximum Gasteiger partial charge on any atom is 0.494 e. The van der Waals surface area contributed by atoms with Crippen LogP contribution in [-0.4, -0.2) is 48.8 Å². The van der Waals surface area contributed by atoms with Gasteiger partial charge in [0, 0.05) is 37.2 Å². The van der Waals surface area contributed by atoms with Gasteiger partial charge in [0.05, 0.1) is 29.6 Å². The average Bonchev–Trinajstić information content (AvgIpc) is 3.62. The lowest BCUT2D eigenvalue weighted by Crippen LogP contribution is -2.21. The number of rotatable bonds is 9. The van der Waals surface area contributed by atoms with Crippen molar-refractivity contribution in [2.45, 2.75) is 57.2 Å². The third-order valence-corrected chi connectivity index (χ3v) is 8.34. The van der Waals surface area contributed by atoms with E-state index in [1.54, 1.807) is 49.6 Å². The number of hydrogen-bond donors (Lipinski definition) is 3. The van der Waals surface area contributed by atoms with E-state index in [2.05, 4.69) is 25.7 Å². The van der Waals surface area contributed by atoms with Gasteiger partial charge in [-0.3, -0.25) is 9.48 Å². The molecule has 15 heteroatoms. The molecule has 0 saturated heterocycles. The predicted molar refractivity (Wildman–Crippen MR) is 161 cm³/mol. The van der Waals surface area contributed by atoms with E-state index in [0.717, 1.165) is 29.5 Å². The Morgan fingerprint density at radius 3 is 2.53 bits per heavy atom. The number of carbonyl (C=O) groups excluding carboxylic acids is 1. The number of alkyl halides is 3. The van der Waals surface area contributed by atoms with Crippen LogP contribution in [0.15, 0.2) is 55.0 Å². The molecule has 11 nitrogen and oxygen atoms in total. The van der Waals surface area contributed by atoms with E-state index < -0.39 is 26.2 Å². The second kappa shape index (κ2) is 12.5. The minimum absolute atomic E-state index is 0.0881. The molecule has 234 valence electrons. The first-order valence-electron chi connectivity index (χ1n) is 14.3. The average molecular weight is 641 g/mol. The number of hydrogen-bond acceptors (Lipinski definition) is 9. The minimum atomic E-state index is -4.77. The number of aliphatic hydroxyl groups excluding tert-OH is 1. The minimum Gasteiger partial charge on any atom is -0.393 e. The fourth-order valence-electron chi connectivity index (χ4n) is 5.73. The molecule has 0 radical (unpaired) electrons. The van der Waals surface area contributed by atoms with Crippen molar-refractivity contribution in [1.82, 2.24) is 24.6 Å². The van der Waals surface area contributed by atoms with Crippen LogP contribution in [0.3, 0.4) is 0 Å². The third-order valence-electron chi connectivity index (χ3n) is 8.08. The normalized spacial score (nSPS) is 18.3. The van der Waals surface area contributed by atoms with E-state index in [0.29, 0.717) is 30.3 Å². The first-order chi connectivity index (χ1) is 21.6. The Labute approximate surface area is 257 Å². The van der Waals surface area contributed by atoms with Crippen molar-refractivity contribution in [2.24, 2.45) is 0 Å². The topological polar surface area (TPSA) is 135 Å². The van der Waals surface area contributed by atoms with Gasteiger partial charge in [-0.2, -0.15) is 23.3 Å². The van der Waals surface area contributed by atoms with E-state index in [1.165, 1.54) is 4.90 Å². The number of carbonyl (C=O) groups is 1. The Morgan fingerprint density at radius 2 is 1.82 bits per heavy atom. The van der Waals surface area contributed by atoms with Crippen LogP contribution in [0.5, 0.6) is 0 Å². The summed E-state index contributed by atoms with van der Waals surface area (Å²) in [6.45, 7) is 0.427. The van der Waals surface area contributed by atoms with Gasteiger partial charge in [0.2, 0.25) is 5.95 Å². The molecule has 2 aromatic carbocycles. The SMILES string of the molecule is CN1Cc2c(-c3cnn(C4CCC(O)CC4)c3)ccc(Nc3nc(Nc4ccc(CO[PH+]=O)cc4)ncc3C(F)(F)F)c2C1=O.